The molecule has 0 aromatic heterocycles. The van der Waals surface area contributed by atoms with E-state index in [1.54, 1.807) is 7.11 Å². The Morgan fingerprint density at radius 3 is 2.42 bits per heavy atom. The number of methoxy groups -OCH3 is 1. The van der Waals surface area contributed by atoms with Gasteiger partial charge in [-0.15, -0.1) is 0 Å². The molecule has 2 aromatic rings. The van der Waals surface area contributed by atoms with Crippen molar-refractivity contribution in [1.29, 1.82) is 0 Å². The Labute approximate surface area is 122 Å². The molecule has 0 saturated heterocycles. The topological polar surface area (TPSA) is 29.5 Å². The molecule has 2 nitrogen and oxygen atoms in total. The predicted molar refractivity (Wildman–Crippen MR) is 80.7 cm³/mol. The Bertz CT molecular complexity index is 593. The number of benzene rings is 2. The third-order valence-corrected chi connectivity index (χ3v) is 3.83. The second-order valence-electron chi connectivity index (χ2n) is 4.66. The highest BCUT2D eigenvalue weighted by Crippen LogP contribution is 2.31. The van der Waals surface area contributed by atoms with E-state index in [0.717, 1.165) is 26.9 Å². The molecule has 0 aliphatic heterocycles. The summed E-state index contributed by atoms with van der Waals surface area (Å²) < 4.78 is 6.04. The first-order valence-corrected chi connectivity index (χ1v) is 6.91. The maximum absolute atomic E-state index is 10.5. The summed E-state index contributed by atoms with van der Waals surface area (Å²) in [7, 11) is 1.63. The molecule has 2 aromatic carbocycles. The molecule has 2 rings (SSSR count). The van der Waals surface area contributed by atoms with Crippen LogP contribution >= 0.6 is 15.9 Å². The fourth-order valence-corrected chi connectivity index (χ4v) is 2.72. The first-order chi connectivity index (χ1) is 9.02. The first-order valence-electron chi connectivity index (χ1n) is 6.11. The smallest absolute Gasteiger partial charge is 0.133 e. The van der Waals surface area contributed by atoms with E-state index in [9.17, 15) is 5.11 Å². The van der Waals surface area contributed by atoms with E-state index >= 15 is 0 Å². The first kappa shape index (κ1) is 14.1. The zero-order chi connectivity index (χ0) is 14.0. The van der Waals surface area contributed by atoms with Crippen LogP contribution in [0.3, 0.4) is 0 Å². The number of hydrogen-bond acceptors (Lipinski definition) is 2. The second-order valence-corrected chi connectivity index (χ2v) is 5.51. The zero-order valence-electron chi connectivity index (χ0n) is 11.3. The van der Waals surface area contributed by atoms with E-state index in [2.05, 4.69) is 22.0 Å². The van der Waals surface area contributed by atoms with Gasteiger partial charge in [0.15, 0.2) is 0 Å². The molecule has 1 atom stereocenters. The van der Waals surface area contributed by atoms with Crippen LogP contribution in [0, 0.1) is 13.8 Å². The van der Waals surface area contributed by atoms with Crippen LogP contribution < -0.4 is 4.74 Å². The molecular formula is C16H17BrO2. The highest BCUT2D eigenvalue weighted by Gasteiger charge is 2.14. The van der Waals surface area contributed by atoms with E-state index in [4.69, 9.17) is 4.74 Å². The molecule has 3 heteroatoms. The summed E-state index contributed by atoms with van der Waals surface area (Å²) in [6, 6.07) is 11.7. The molecule has 0 radical (unpaired) electrons. The highest BCUT2D eigenvalue weighted by atomic mass is 79.9. The Morgan fingerprint density at radius 1 is 1.11 bits per heavy atom. The number of aryl methyl sites for hydroxylation is 2. The van der Waals surface area contributed by atoms with E-state index in [1.807, 2.05) is 44.2 Å². The maximum Gasteiger partial charge on any atom is 0.133 e. The molecule has 100 valence electrons. The van der Waals surface area contributed by atoms with Crippen LogP contribution in [0.1, 0.15) is 28.4 Å². The lowest BCUT2D eigenvalue weighted by Gasteiger charge is -2.16. The summed E-state index contributed by atoms with van der Waals surface area (Å²) in [6.45, 7) is 4.07. The lowest BCUT2D eigenvalue weighted by atomic mass is 9.96. The Hall–Kier alpha value is -1.32. The highest BCUT2D eigenvalue weighted by molar-refractivity contribution is 9.10. The van der Waals surface area contributed by atoms with E-state index in [-0.39, 0.29) is 0 Å². The molecule has 1 N–H and O–H groups in total. The maximum atomic E-state index is 10.5. The van der Waals surface area contributed by atoms with Crippen molar-refractivity contribution < 1.29 is 9.84 Å². The lowest BCUT2D eigenvalue weighted by molar-refractivity contribution is 0.219. The summed E-state index contributed by atoms with van der Waals surface area (Å²) in [6.07, 6.45) is -0.622. The Kier molecular flexibility index (Phi) is 4.27. The number of halogens is 1. The molecule has 0 spiro atoms. The molecule has 0 aliphatic carbocycles. The minimum atomic E-state index is -0.622. The van der Waals surface area contributed by atoms with Gasteiger partial charge in [-0.3, -0.25) is 0 Å². The average molecular weight is 321 g/mol. The van der Waals surface area contributed by atoms with Crippen LogP contribution in [0.5, 0.6) is 5.75 Å². The zero-order valence-corrected chi connectivity index (χ0v) is 12.9. The van der Waals surface area contributed by atoms with Gasteiger partial charge < -0.3 is 9.84 Å². The van der Waals surface area contributed by atoms with Crippen molar-refractivity contribution in [1.82, 2.24) is 0 Å². The molecule has 0 fully saturated rings. The lowest BCUT2D eigenvalue weighted by Crippen LogP contribution is -2.02. The average Bonchev–Trinajstić information content (AvgIpc) is 2.38. The second kappa shape index (κ2) is 5.76. The van der Waals surface area contributed by atoms with E-state index in [1.165, 1.54) is 5.56 Å². The number of aliphatic hydroxyl groups excluding tert-OH is 1. The minimum Gasteiger partial charge on any atom is -0.496 e. The van der Waals surface area contributed by atoms with Gasteiger partial charge in [-0.1, -0.05) is 29.8 Å². The SMILES string of the molecule is COc1ccc(C(O)c2ccc(C)cc2C)cc1Br. The van der Waals surface area contributed by atoms with Gasteiger partial charge in [0, 0.05) is 0 Å². The number of aliphatic hydroxyl groups is 1. The largest absolute Gasteiger partial charge is 0.496 e. The van der Waals surface area contributed by atoms with Gasteiger partial charge in [0.25, 0.3) is 0 Å². The van der Waals surface area contributed by atoms with Gasteiger partial charge in [0.05, 0.1) is 11.6 Å². The van der Waals surface area contributed by atoms with Crippen molar-refractivity contribution in [2.75, 3.05) is 7.11 Å². The van der Waals surface area contributed by atoms with Crippen LogP contribution in [0.25, 0.3) is 0 Å². The van der Waals surface area contributed by atoms with Crippen LogP contribution in [0.2, 0.25) is 0 Å². The summed E-state index contributed by atoms with van der Waals surface area (Å²) in [4.78, 5) is 0. The van der Waals surface area contributed by atoms with Crippen molar-refractivity contribution in [3.63, 3.8) is 0 Å². The van der Waals surface area contributed by atoms with Gasteiger partial charge in [-0.25, -0.2) is 0 Å². The molecule has 0 heterocycles. The van der Waals surface area contributed by atoms with Crippen molar-refractivity contribution in [3.05, 3.63) is 63.1 Å². The number of hydrogen-bond donors (Lipinski definition) is 1. The van der Waals surface area contributed by atoms with Crippen molar-refractivity contribution in [3.8, 4) is 5.75 Å². The minimum absolute atomic E-state index is 0.622. The third-order valence-electron chi connectivity index (χ3n) is 3.21. The summed E-state index contributed by atoms with van der Waals surface area (Å²) in [5, 5.41) is 10.5. The molecule has 1 unspecified atom stereocenters. The molecule has 19 heavy (non-hydrogen) atoms. The molecule has 0 aliphatic rings. The van der Waals surface area contributed by atoms with Gasteiger partial charge >= 0.3 is 0 Å². The molecule has 0 amide bonds. The Balaban J connectivity index is 2.38. The van der Waals surface area contributed by atoms with Crippen LogP contribution in [0.15, 0.2) is 40.9 Å². The summed E-state index contributed by atoms with van der Waals surface area (Å²) in [5.74, 6) is 0.761. The van der Waals surface area contributed by atoms with E-state index < -0.39 is 6.10 Å². The number of ether oxygens (including phenoxy) is 1. The molecular weight excluding hydrogens is 304 g/mol. The van der Waals surface area contributed by atoms with Gasteiger partial charge in [-0.2, -0.15) is 0 Å². The standard InChI is InChI=1S/C16H17BrO2/c1-10-4-6-13(11(2)8-10)16(18)12-5-7-15(19-3)14(17)9-12/h4-9,16,18H,1-3H3. The quantitative estimate of drug-likeness (QED) is 0.920. The van der Waals surface area contributed by atoms with Crippen LogP contribution in [-0.2, 0) is 0 Å². The van der Waals surface area contributed by atoms with Crippen LogP contribution in [0.4, 0.5) is 0 Å². The van der Waals surface area contributed by atoms with E-state index in [0.29, 0.717) is 0 Å². The van der Waals surface area contributed by atoms with Crippen molar-refractivity contribution >= 4 is 15.9 Å². The number of rotatable bonds is 3. The summed E-state index contributed by atoms with van der Waals surface area (Å²) in [5.41, 5.74) is 4.08. The summed E-state index contributed by atoms with van der Waals surface area (Å²) >= 11 is 3.44. The van der Waals surface area contributed by atoms with Crippen molar-refractivity contribution in [2.24, 2.45) is 0 Å². The molecule has 0 saturated carbocycles. The van der Waals surface area contributed by atoms with Gasteiger partial charge in [0.1, 0.15) is 11.9 Å². The molecule has 0 bridgehead atoms. The monoisotopic (exact) mass is 320 g/mol. The van der Waals surface area contributed by atoms with Gasteiger partial charge in [0.2, 0.25) is 0 Å². The predicted octanol–water partition coefficient (Wildman–Crippen LogP) is 4.16. The van der Waals surface area contributed by atoms with Crippen molar-refractivity contribution in [2.45, 2.75) is 20.0 Å². The van der Waals surface area contributed by atoms with Crippen LogP contribution in [-0.4, -0.2) is 12.2 Å². The fourth-order valence-electron chi connectivity index (χ4n) is 2.16. The normalized spacial score (nSPS) is 12.3. The third kappa shape index (κ3) is 2.99. The Morgan fingerprint density at radius 2 is 1.84 bits per heavy atom. The fraction of sp³-hybridized carbons (Fsp3) is 0.250. The van der Waals surface area contributed by atoms with Gasteiger partial charge in [-0.05, 0) is 58.6 Å².